The number of benzene rings is 2. The number of aromatic nitrogens is 1. The molecule has 0 saturated carbocycles. The summed E-state index contributed by atoms with van der Waals surface area (Å²) in [5.74, 6) is 1.49. The largest absolute Gasteiger partial charge is 0.493 e. The van der Waals surface area contributed by atoms with Crippen molar-refractivity contribution in [2.75, 3.05) is 26.1 Å². The highest BCUT2D eigenvalue weighted by atomic mass is 16.5. The van der Waals surface area contributed by atoms with Crippen molar-refractivity contribution in [3.05, 3.63) is 47.0 Å². The number of nitrogens with one attached hydrogen (secondary N) is 1. The fourth-order valence-corrected chi connectivity index (χ4v) is 4.12. The standard InChI is InChI=1S/C20H18N2O2/c1-23-16-10-15-17-13(7-8-21-19(17)20(16)24-2)14-9-11-5-3-4-6-12(11)18(14)22-15/h3-6,10,21H,7-9H2,1-2H3. The zero-order chi connectivity index (χ0) is 16.3. The van der Waals surface area contributed by atoms with E-state index in [-0.39, 0.29) is 0 Å². The maximum absolute atomic E-state index is 5.62. The molecule has 1 aliphatic heterocycles. The summed E-state index contributed by atoms with van der Waals surface area (Å²) in [7, 11) is 3.36. The van der Waals surface area contributed by atoms with Gasteiger partial charge in [-0.15, -0.1) is 0 Å². The molecule has 5 rings (SSSR count). The van der Waals surface area contributed by atoms with E-state index in [2.05, 4.69) is 29.6 Å². The third-order valence-electron chi connectivity index (χ3n) is 5.15. The van der Waals surface area contributed by atoms with E-state index in [0.29, 0.717) is 0 Å². The van der Waals surface area contributed by atoms with E-state index >= 15 is 0 Å². The molecule has 0 spiro atoms. The van der Waals surface area contributed by atoms with Gasteiger partial charge in [0, 0.05) is 30.0 Å². The van der Waals surface area contributed by atoms with Gasteiger partial charge in [-0.05, 0) is 23.1 Å². The molecule has 0 saturated heterocycles. The van der Waals surface area contributed by atoms with E-state index in [9.17, 15) is 0 Å². The lowest BCUT2D eigenvalue weighted by molar-refractivity contribution is 0.357. The lowest BCUT2D eigenvalue weighted by Crippen LogP contribution is -2.15. The Kier molecular flexibility index (Phi) is 2.77. The van der Waals surface area contributed by atoms with Gasteiger partial charge in [0.2, 0.25) is 0 Å². The second-order valence-electron chi connectivity index (χ2n) is 6.31. The minimum Gasteiger partial charge on any atom is -0.493 e. The predicted octanol–water partition coefficient (Wildman–Crippen LogP) is 3.79. The number of ether oxygens (including phenoxy) is 2. The van der Waals surface area contributed by atoms with Crippen LogP contribution >= 0.6 is 0 Å². The first-order chi connectivity index (χ1) is 11.8. The molecule has 4 heteroatoms. The molecule has 2 heterocycles. The predicted molar refractivity (Wildman–Crippen MR) is 95.3 cm³/mol. The van der Waals surface area contributed by atoms with Gasteiger partial charge in [0.25, 0.3) is 0 Å². The zero-order valence-electron chi connectivity index (χ0n) is 13.8. The molecule has 24 heavy (non-hydrogen) atoms. The highest BCUT2D eigenvalue weighted by Gasteiger charge is 2.29. The first-order valence-electron chi connectivity index (χ1n) is 8.24. The average Bonchev–Trinajstić information content (AvgIpc) is 3.00. The van der Waals surface area contributed by atoms with Crippen LogP contribution in [0.1, 0.15) is 16.7 Å². The summed E-state index contributed by atoms with van der Waals surface area (Å²) in [6.07, 6.45) is 1.98. The normalized spacial score (nSPS) is 14.1. The monoisotopic (exact) mass is 318 g/mol. The number of pyridine rings is 1. The van der Waals surface area contributed by atoms with Crippen molar-refractivity contribution in [2.24, 2.45) is 0 Å². The molecule has 0 radical (unpaired) electrons. The molecule has 2 aliphatic rings. The molecule has 2 aromatic carbocycles. The van der Waals surface area contributed by atoms with Crippen molar-refractivity contribution in [1.29, 1.82) is 0 Å². The number of hydrogen-bond donors (Lipinski definition) is 1. The fourth-order valence-electron chi connectivity index (χ4n) is 4.12. The molecule has 120 valence electrons. The second kappa shape index (κ2) is 4.87. The van der Waals surface area contributed by atoms with Gasteiger partial charge in [-0.2, -0.15) is 0 Å². The van der Waals surface area contributed by atoms with Crippen LogP contribution in [0.15, 0.2) is 30.3 Å². The summed E-state index contributed by atoms with van der Waals surface area (Å²) in [6.45, 7) is 0.901. The molecule has 0 bridgehead atoms. The summed E-state index contributed by atoms with van der Waals surface area (Å²) < 4.78 is 11.2. The lowest BCUT2D eigenvalue weighted by Gasteiger charge is -2.24. The summed E-state index contributed by atoms with van der Waals surface area (Å²) in [5, 5.41) is 4.67. The highest BCUT2D eigenvalue weighted by molar-refractivity contribution is 6.03. The molecular weight excluding hydrogens is 300 g/mol. The zero-order valence-corrected chi connectivity index (χ0v) is 13.8. The Hall–Kier alpha value is -2.75. The molecule has 1 aliphatic carbocycles. The van der Waals surface area contributed by atoms with E-state index in [1.54, 1.807) is 14.2 Å². The Morgan fingerprint density at radius 3 is 2.79 bits per heavy atom. The summed E-state index contributed by atoms with van der Waals surface area (Å²) in [6, 6.07) is 10.6. The Balaban J connectivity index is 1.90. The molecule has 1 aromatic heterocycles. The van der Waals surface area contributed by atoms with Gasteiger partial charge in [0.1, 0.15) is 0 Å². The van der Waals surface area contributed by atoms with Crippen molar-refractivity contribution in [3.63, 3.8) is 0 Å². The molecule has 0 amide bonds. The van der Waals surface area contributed by atoms with Crippen LogP contribution in [0.5, 0.6) is 11.5 Å². The molecule has 0 fully saturated rings. The van der Waals surface area contributed by atoms with Crippen molar-refractivity contribution < 1.29 is 9.47 Å². The summed E-state index contributed by atoms with van der Waals surface area (Å²) >= 11 is 0. The topological polar surface area (TPSA) is 43.4 Å². The first kappa shape index (κ1) is 13.7. The Morgan fingerprint density at radius 1 is 1.08 bits per heavy atom. The van der Waals surface area contributed by atoms with Crippen LogP contribution in [0.3, 0.4) is 0 Å². The van der Waals surface area contributed by atoms with Crippen molar-refractivity contribution in [2.45, 2.75) is 12.8 Å². The van der Waals surface area contributed by atoms with E-state index < -0.39 is 0 Å². The molecule has 4 nitrogen and oxygen atoms in total. The average molecular weight is 318 g/mol. The molecule has 1 N–H and O–H groups in total. The van der Waals surface area contributed by atoms with Gasteiger partial charge in [-0.25, -0.2) is 4.98 Å². The van der Waals surface area contributed by atoms with Crippen LogP contribution in [0.2, 0.25) is 0 Å². The van der Waals surface area contributed by atoms with Gasteiger partial charge in [0.15, 0.2) is 11.5 Å². The van der Waals surface area contributed by atoms with Crippen LogP contribution < -0.4 is 14.8 Å². The molecular formula is C20H18N2O2. The van der Waals surface area contributed by atoms with Crippen molar-refractivity contribution in [1.82, 2.24) is 4.98 Å². The summed E-state index contributed by atoms with van der Waals surface area (Å²) in [5.41, 5.74) is 8.53. The number of fused-ring (bicyclic) bond motifs is 4. The third kappa shape index (κ3) is 1.65. The minimum atomic E-state index is 0.721. The first-order valence-corrected chi connectivity index (χ1v) is 8.24. The lowest BCUT2D eigenvalue weighted by atomic mass is 9.93. The molecule has 0 atom stereocenters. The SMILES string of the molecule is COc1cc2nc3c(c4c2c(c1OC)NCC4)Cc1ccccc1-3. The maximum atomic E-state index is 5.62. The van der Waals surface area contributed by atoms with E-state index in [1.165, 1.54) is 27.6 Å². The fraction of sp³-hybridized carbons (Fsp3) is 0.250. The van der Waals surface area contributed by atoms with Gasteiger partial charge < -0.3 is 14.8 Å². The van der Waals surface area contributed by atoms with Crippen LogP contribution in [0, 0.1) is 0 Å². The Bertz CT molecular complexity index is 995. The van der Waals surface area contributed by atoms with Gasteiger partial charge in [0.05, 0.1) is 31.1 Å². The minimum absolute atomic E-state index is 0.721. The number of rotatable bonds is 2. The highest BCUT2D eigenvalue weighted by Crippen LogP contribution is 2.48. The smallest absolute Gasteiger partial charge is 0.184 e. The van der Waals surface area contributed by atoms with Gasteiger partial charge >= 0.3 is 0 Å². The number of nitrogens with zero attached hydrogens (tertiary/aromatic N) is 1. The van der Waals surface area contributed by atoms with Crippen molar-refractivity contribution >= 4 is 16.6 Å². The number of hydrogen-bond acceptors (Lipinski definition) is 4. The Morgan fingerprint density at radius 2 is 1.96 bits per heavy atom. The second-order valence-corrected chi connectivity index (χ2v) is 6.31. The molecule has 3 aromatic rings. The van der Waals surface area contributed by atoms with Crippen LogP contribution in [0.25, 0.3) is 22.2 Å². The number of methoxy groups -OCH3 is 2. The van der Waals surface area contributed by atoms with E-state index in [1.807, 2.05) is 6.07 Å². The quantitative estimate of drug-likeness (QED) is 0.611. The summed E-state index contributed by atoms with van der Waals surface area (Å²) in [4.78, 5) is 5.01. The van der Waals surface area contributed by atoms with Crippen LogP contribution in [0.4, 0.5) is 5.69 Å². The van der Waals surface area contributed by atoms with Gasteiger partial charge in [-0.3, -0.25) is 0 Å². The number of anilines is 1. The van der Waals surface area contributed by atoms with Crippen LogP contribution in [-0.2, 0) is 12.8 Å². The third-order valence-corrected chi connectivity index (χ3v) is 5.15. The maximum Gasteiger partial charge on any atom is 0.184 e. The van der Waals surface area contributed by atoms with E-state index in [4.69, 9.17) is 14.5 Å². The van der Waals surface area contributed by atoms with Crippen molar-refractivity contribution in [3.8, 4) is 22.8 Å². The molecule has 0 unspecified atom stereocenters. The van der Waals surface area contributed by atoms with Gasteiger partial charge in [-0.1, -0.05) is 24.3 Å². The van der Waals surface area contributed by atoms with E-state index in [0.717, 1.165) is 47.8 Å². The Labute approximate surface area is 140 Å². The van der Waals surface area contributed by atoms with Crippen LogP contribution in [-0.4, -0.2) is 25.7 Å².